The quantitative estimate of drug-likeness (QED) is 0.726. The fraction of sp³-hybridized carbons (Fsp3) is 0.600. The number of hydrogen-bond donors (Lipinski definition) is 1. The van der Waals surface area contributed by atoms with Gasteiger partial charge in [-0.15, -0.1) is 0 Å². The Hall–Kier alpha value is -1.36. The van der Waals surface area contributed by atoms with Crippen LogP contribution in [-0.2, 0) is 11.3 Å². The van der Waals surface area contributed by atoms with E-state index in [1.165, 1.54) is 0 Å². The maximum absolute atomic E-state index is 11.8. The largest absolute Gasteiger partial charge is 0.338 e. The summed E-state index contributed by atoms with van der Waals surface area (Å²) in [5, 5.41) is 7.33. The number of piperazine rings is 1. The smallest absolute Gasteiger partial charge is 0.244 e. The molecule has 1 aliphatic rings. The molecule has 1 atom stereocenters. The molecule has 1 fully saturated rings. The molecule has 2 heterocycles. The van der Waals surface area contributed by atoms with Crippen molar-refractivity contribution in [3.8, 4) is 0 Å². The van der Waals surface area contributed by atoms with Crippen LogP contribution in [0.15, 0.2) is 18.5 Å². The Morgan fingerprint density at radius 2 is 2.53 bits per heavy atom. The van der Waals surface area contributed by atoms with Crippen LogP contribution in [0.4, 0.5) is 0 Å². The molecule has 0 radical (unpaired) electrons. The zero-order valence-electron chi connectivity index (χ0n) is 8.89. The fourth-order valence-corrected chi connectivity index (χ4v) is 1.79. The number of amides is 1. The van der Waals surface area contributed by atoms with Crippen LogP contribution >= 0.6 is 0 Å². The topological polar surface area (TPSA) is 50.2 Å². The lowest BCUT2D eigenvalue weighted by Gasteiger charge is -2.31. The maximum Gasteiger partial charge on any atom is 0.244 e. The minimum atomic E-state index is 0.145. The van der Waals surface area contributed by atoms with Crippen molar-refractivity contribution in [2.45, 2.75) is 19.5 Å². The van der Waals surface area contributed by atoms with Gasteiger partial charge in [0.05, 0.1) is 0 Å². The Morgan fingerprint density at radius 1 is 1.67 bits per heavy atom. The predicted molar refractivity (Wildman–Crippen MR) is 56.3 cm³/mol. The average Bonchev–Trinajstić information content (AvgIpc) is 2.70. The van der Waals surface area contributed by atoms with Gasteiger partial charge in [-0.1, -0.05) is 0 Å². The molecule has 1 aromatic heterocycles. The van der Waals surface area contributed by atoms with Gasteiger partial charge in [0, 0.05) is 38.1 Å². The molecular weight excluding hydrogens is 192 g/mol. The molecule has 1 amide bonds. The number of nitrogens with zero attached hydrogens (tertiary/aromatic N) is 3. The summed E-state index contributed by atoms with van der Waals surface area (Å²) in [7, 11) is 0. The molecule has 2 rings (SSSR count). The van der Waals surface area contributed by atoms with Gasteiger partial charge in [0.25, 0.3) is 0 Å². The fourth-order valence-electron chi connectivity index (χ4n) is 1.79. The lowest BCUT2D eigenvalue weighted by atomic mass is 10.2. The van der Waals surface area contributed by atoms with E-state index in [9.17, 15) is 4.79 Å². The van der Waals surface area contributed by atoms with E-state index in [2.05, 4.69) is 17.3 Å². The van der Waals surface area contributed by atoms with Crippen molar-refractivity contribution in [1.29, 1.82) is 0 Å². The average molecular weight is 208 g/mol. The van der Waals surface area contributed by atoms with Crippen LogP contribution in [-0.4, -0.2) is 46.3 Å². The summed E-state index contributed by atoms with van der Waals surface area (Å²) in [6, 6.07) is 2.22. The van der Waals surface area contributed by atoms with E-state index in [-0.39, 0.29) is 5.91 Å². The van der Waals surface area contributed by atoms with E-state index in [1.54, 1.807) is 10.9 Å². The molecule has 1 aromatic rings. The van der Waals surface area contributed by atoms with Gasteiger partial charge in [-0.3, -0.25) is 9.48 Å². The first-order valence-corrected chi connectivity index (χ1v) is 5.24. The molecule has 0 unspecified atom stereocenters. The summed E-state index contributed by atoms with van der Waals surface area (Å²) in [6.45, 7) is 4.91. The Bertz CT molecular complexity index is 322. The number of carbonyl (C=O) groups is 1. The molecule has 0 spiro atoms. The van der Waals surface area contributed by atoms with Gasteiger partial charge in [0.2, 0.25) is 5.91 Å². The van der Waals surface area contributed by atoms with Gasteiger partial charge in [-0.2, -0.15) is 5.10 Å². The lowest BCUT2D eigenvalue weighted by molar-refractivity contribution is -0.133. The third-order valence-corrected chi connectivity index (χ3v) is 2.58. The SMILES string of the molecule is C[C@H]1CN(C(=O)Cn2cccn2)CCN1. The van der Waals surface area contributed by atoms with E-state index in [0.717, 1.165) is 19.6 Å². The van der Waals surface area contributed by atoms with E-state index in [0.29, 0.717) is 12.6 Å². The Morgan fingerprint density at radius 3 is 3.20 bits per heavy atom. The highest BCUT2D eigenvalue weighted by atomic mass is 16.2. The molecule has 1 N–H and O–H groups in total. The molecule has 15 heavy (non-hydrogen) atoms. The van der Waals surface area contributed by atoms with Gasteiger partial charge in [0.15, 0.2) is 0 Å². The summed E-state index contributed by atoms with van der Waals surface area (Å²) in [4.78, 5) is 13.7. The molecule has 0 aliphatic carbocycles. The van der Waals surface area contributed by atoms with Crippen molar-refractivity contribution in [2.24, 2.45) is 0 Å². The highest BCUT2D eigenvalue weighted by Crippen LogP contribution is 2.00. The van der Waals surface area contributed by atoms with E-state index >= 15 is 0 Å². The highest BCUT2D eigenvalue weighted by Gasteiger charge is 2.20. The van der Waals surface area contributed by atoms with Crippen LogP contribution in [0.1, 0.15) is 6.92 Å². The van der Waals surface area contributed by atoms with Crippen molar-refractivity contribution < 1.29 is 4.79 Å². The molecule has 0 aromatic carbocycles. The first kappa shape index (κ1) is 10.2. The second kappa shape index (κ2) is 4.44. The number of rotatable bonds is 2. The van der Waals surface area contributed by atoms with Gasteiger partial charge in [0.1, 0.15) is 6.54 Å². The Labute approximate surface area is 89.1 Å². The van der Waals surface area contributed by atoms with Crippen LogP contribution in [0.3, 0.4) is 0 Å². The molecule has 0 saturated carbocycles. The first-order valence-electron chi connectivity index (χ1n) is 5.24. The number of carbonyl (C=O) groups excluding carboxylic acids is 1. The van der Waals surface area contributed by atoms with Crippen molar-refractivity contribution in [1.82, 2.24) is 20.0 Å². The molecule has 0 bridgehead atoms. The molecule has 82 valence electrons. The van der Waals surface area contributed by atoms with Crippen LogP contribution in [0.2, 0.25) is 0 Å². The predicted octanol–water partition coefficient (Wildman–Crippen LogP) is -0.297. The molecule has 1 saturated heterocycles. The maximum atomic E-state index is 11.8. The number of aromatic nitrogens is 2. The van der Waals surface area contributed by atoms with Crippen molar-refractivity contribution in [2.75, 3.05) is 19.6 Å². The minimum absolute atomic E-state index is 0.145. The number of hydrogen-bond acceptors (Lipinski definition) is 3. The summed E-state index contributed by atoms with van der Waals surface area (Å²) >= 11 is 0. The van der Waals surface area contributed by atoms with Crippen molar-refractivity contribution in [3.63, 3.8) is 0 Å². The lowest BCUT2D eigenvalue weighted by Crippen LogP contribution is -2.52. The minimum Gasteiger partial charge on any atom is -0.338 e. The van der Waals surface area contributed by atoms with Gasteiger partial charge >= 0.3 is 0 Å². The van der Waals surface area contributed by atoms with Crippen LogP contribution < -0.4 is 5.32 Å². The zero-order chi connectivity index (χ0) is 10.7. The monoisotopic (exact) mass is 208 g/mol. The van der Waals surface area contributed by atoms with Crippen LogP contribution in [0, 0.1) is 0 Å². The molecule has 5 nitrogen and oxygen atoms in total. The van der Waals surface area contributed by atoms with E-state index in [1.807, 2.05) is 17.2 Å². The highest BCUT2D eigenvalue weighted by molar-refractivity contribution is 5.76. The van der Waals surface area contributed by atoms with Gasteiger partial charge in [-0.05, 0) is 13.0 Å². The Balaban J connectivity index is 1.90. The summed E-state index contributed by atoms with van der Waals surface area (Å²) in [6.07, 6.45) is 3.50. The standard InChI is InChI=1S/C10H16N4O/c1-9-7-13(6-4-11-9)10(15)8-14-5-2-3-12-14/h2-3,5,9,11H,4,6-8H2,1H3/t9-/m0/s1. The second-order valence-electron chi connectivity index (χ2n) is 3.90. The summed E-state index contributed by atoms with van der Waals surface area (Å²) in [5.74, 6) is 0.145. The molecular formula is C10H16N4O. The van der Waals surface area contributed by atoms with Crippen molar-refractivity contribution in [3.05, 3.63) is 18.5 Å². The normalized spacial score (nSPS) is 21.7. The zero-order valence-corrected chi connectivity index (χ0v) is 8.89. The van der Waals surface area contributed by atoms with Gasteiger partial charge < -0.3 is 10.2 Å². The first-order chi connectivity index (χ1) is 7.25. The van der Waals surface area contributed by atoms with Crippen LogP contribution in [0.25, 0.3) is 0 Å². The summed E-state index contributed by atoms with van der Waals surface area (Å²) in [5.41, 5.74) is 0. The molecule has 5 heteroatoms. The van der Waals surface area contributed by atoms with Crippen LogP contribution in [0.5, 0.6) is 0 Å². The Kier molecular flexibility index (Phi) is 3.01. The van der Waals surface area contributed by atoms with Crippen molar-refractivity contribution >= 4 is 5.91 Å². The molecule has 1 aliphatic heterocycles. The number of nitrogens with one attached hydrogen (secondary N) is 1. The van der Waals surface area contributed by atoms with Gasteiger partial charge in [-0.25, -0.2) is 0 Å². The third kappa shape index (κ3) is 2.56. The van der Waals surface area contributed by atoms with E-state index < -0.39 is 0 Å². The second-order valence-corrected chi connectivity index (χ2v) is 3.90. The third-order valence-electron chi connectivity index (χ3n) is 2.58. The summed E-state index contributed by atoms with van der Waals surface area (Å²) < 4.78 is 1.66. The van der Waals surface area contributed by atoms with E-state index in [4.69, 9.17) is 0 Å².